The lowest BCUT2D eigenvalue weighted by Gasteiger charge is -2.02. The Labute approximate surface area is 127 Å². The van der Waals surface area contributed by atoms with Gasteiger partial charge in [-0.1, -0.05) is 29.9 Å². The summed E-state index contributed by atoms with van der Waals surface area (Å²) in [4.78, 5) is 12.3. The molecule has 1 aromatic carbocycles. The molecule has 0 aliphatic carbocycles. The van der Waals surface area contributed by atoms with Crippen LogP contribution in [0.15, 0.2) is 27.9 Å². The molecular weight excluding hydrogens is 284 g/mol. The van der Waals surface area contributed by atoms with Crippen LogP contribution in [0.1, 0.15) is 42.8 Å². The highest BCUT2D eigenvalue weighted by atomic mass is 32.2. The van der Waals surface area contributed by atoms with Gasteiger partial charge in [0.2, 0.25) is 5.89 Å². The number of aromatic amines is 1. The lowest BCUT2D eigenvalue weighted by molar-refractivity contribution is 0.374. The van der Waals surface area contributed by atoms with Gasteiger partial charge in [0.05, 0.1) is 16.3 Å². The first kappa shape index (κ1) is 14.1. The molecular formula is C15H18N4OS. The van der Waals surface area contributed by atoms with Crippen molar-refractivity contribution in [3.8, 4) is 0 Å². The highest BCUT2D eigenvalue weighted by molar-refractivity contribution is 7.99. The topological polar surface area (TPSA) is 67.6 Å². The lowest BCUT2D eigenvalue weighted by atomic mass is 10.2. The molecule has 5 nitrogen and oxygen atoms in total. The molecule has 3 aromatic rings. The van der Waals surface area contributed by atoms with Crippen LogP contribution in [-0.2, 0) is 6.42 Å². The van der Waals surface area contributed by atoms with Crippen LogP contribution < -0.4 is 0 Å². The molecule has 0 bridgehead atoms. The number of fused-ring (bicyclic) bond motifs is 1. The molecule has 110 valence electrons. The number of imidazole rings is 1. The van der Waals surface area contributed by atoms with Crippen molar-refractivity contribution in [3.05, 3.63) is 35.5 Å². The summed E-state index contributed by atoms with van der Waals surface area (Å²) in [7, 11) is 0. The van der Waals surface area contributed by atoms with E-state index in [-0.39, 0.29) is 5.25 Å². The summed E-state index contributed by atoms with van der Waals surface area (Å²) in [6.45, 7) is 6.22. The van der Waals surface area contributed by atoms with Crippen LogP contribution in [0.5, 0.6) is 0 Å². The average Bonchev–Trinajstić information content (AvgIpc) is 3.05. The van der Waals surface area contributed by atoms with Crippen LogP contribution in [-0.4, -0.2) is 20.1 Å². The fourth-order valence-corrected chi connectivity index (χ4v) is 2.98. The first-order valence-corrected chi connectivity index (χ1v) is 7.99. The smallest absolute Gasteiger partial charge is 0.239 e. The van der Waals surface area contributed by atoms with E-state index >= 15 is 0 Å². The minimum Gasteiger partial charge on any atom is -0.338 e. The number of nitrogens with zero attached hydrogens (tertiary/aromatic N) is 3. The van der Waals surface area contributed by atoms with E-state index in [1.165, 1.54) is 5.56 Å². The second-order valence-electron chi connectivity index (χ2n) is 5.12. The second-order valence-corrected chi connectivity index (χ2v) is 6.45. The maximum atomic E-state index is 5.32. The van der Waals surface area contributed by atoms with Crippen LogP contribution in [0, 0.1) is 6.92 Å². The fourth-order valence-electron chi connectivity index (χ4n) is 2.13. The maximum Gasteiger partial charge on any atom is 0.239 e. The van der Waals surface area contributed by atoms with Crippen molar-refractivity contribution < 1.29 is 4.52 Å². The molecule has 0 amide bonds. The van der Waals surface area contributed by atoms with E-state index in [1.807, 2.05) is 13.0 Å². The number of hydrogen-bond donors (Lipinski definition) is 1. The molecule has 0 unspecified atom stereocenters. The third-order valence-electron chi connectivity index (χ3n) is 3.21. The summed E-state index contributed by atoms with van der Waals surface area (Å²) in [6, 6.07) is 6.20. The summed E-state index contributed by atoms with van der Waals surface area (Å²) in [5, 5.41) is 4.94. The van der Waals surface area contributed by atoms with Crippen molar-refractivity contribution in [2.45, 2.75) is 44.0 Å². The molecule has 0 saturated carbocycles. The van der Waals surface area contributed by atoms with Crippen molar-refractivity contribution in [2.24, 2.45) is 0 Å². The van der Waals surface area contributed by atoms with Gasteiger partial charge >= 0.3 is 0 Å². The van der Waals surface area contributed by atoms with Gasteiger partial charge in [0.15, 0.2) is 11.0 Å². The third-order valence-corrected chi connectivity index (χ3v) is 4.18. The average molecular weight is 302 g/mol. The molecule has 0 aliphatic heterocycles. The highest BCUT2D eigenvalue weighted by Crippen LogP contribution is 2.33. The van der Waals surface area contributed by atoms with Gasteiger partial charge in [0, 0.05) is 6.42 Å². The Bertz CT molecular complexity index is 749. The highest BCUT2D eigenvalue weighted by Gasteiger charge is 2.17. The molecule has 0 fully saturated rings. The van der Waals surface area contributed by atoms with Gasteiger partial charge < -0.3 is 9.51 Å². The number of hydrogen-bond acceptors (Lipinski definition) is 5. The fraction of sp³-hybridized carbons (Fsp3) is 0.400. The van der Waals surface area contributed by atoms with Crippen LogP contribution in [0.4, 0.5) is 0 Å². The zero-order valence-electron chi connectivity index (χ0n) is 12.4. The molecule has 2 heterocycles. The van der Waals surface area contributed by atoms with E-state index in [4.69, 9.17) is 4.52 Å². The van der Waals surface area contributed by atoms with Gasteiger partial charge in [0.1, 0.15) is 0 Å². The zero-order valence-corrected chi connectivity index (χ0v) is 13.2. The second kappa shape index (κ2) is 5.89. The molecule has 21 heavy (non-hydrogen) atoms. The number of H-pyrrole nitrogens is 1. The number of benzene rings is 1. The first-order valence-electron chi connectivity index (χ1n) is 7.11. The summed E-state index contributed by atoms with van der Waals surface area (Å²) in [5.41, 5.74) is 3.26. The SMILES string of the molecule is CCCc1noc([C@@H](C)Sc2nc3ccc(C)cc3[nH]2)n1. The Kier molecular flexibility index (Phi) is 3.96. The molecule has 1 N–H and O–H groups in total. The van der Waals surface area contributed by atoms with Gasteiger partial charge in [0.25, 0.3) is 0 Å². The number of aromatic nitrogens is 4. The summed E-state index contributed by atoms with van der Waals surface area (Å²) < 4.78 is 5.32. The summed E-state index contributed by atoms with van der Waals surface area (Å²) in [6.07, 6.45) is 1.87. The Hall–Kier alpha value is -1.82. The van der Waals surface area contributed by atoms with E-state index in [2.05, 4.69) is 46.1 Å². The number of thioether (sulfide) groups is 1. The van der Waals surface area contributed by atoms with Crippen molar-refractivity contribution in [2.75, 3.05) is 0 Å². The normalized spacial score (nSPS) is 12.9. The third kappa shape index (κ3) is 3.10. The predicted octanol–water partition coefficient (Wildman–Crippen LogP) is 4.06. The van der Waals surface area contributed by atoms with E-state index in [0.29, 0.717) is 5.89 Å². The number of nitrogens with one attached hydrogen (secondary N) is 1. The van der Waals surface area contributed by atoms with E-state index in [0.717, 1.165) is 34.9 Å². The molecule has 0 saturated heterocycles. The molecule has 0 spiro atoms. The lowest BCUT2D eigenvalue weighted by Crippen LogP contribution is -1.91. The van der Waals surface area contributed by atoms with Crippen molar-refractivity contribution in [1.82, 2.24) is 20.1 Å². The number of aryl methyl sites for hydroxylation is 2. The van der Waals surface area contributed by atoms with Gasteiger partial charge in [-0.05, 0) is 38.0 Å². The predicted molar refractivity (Wildman–Crippen MR) is 83.4 cm³/mol. The van der Waals surface area contributed by atoms with Gasteiger partial charge in [-0.3, -0.25) is 0 Å². The minimum absolute atomic E-state index is 0.0739. The van der Waals surface area contributed by atoms with Gasteiger partial charge in [-0.25, -0.2) is 4.98 Å². The van der Waals surface area contributed by atoms with Gasteiger partial charge in [-0.15, -0.1) is 0 Å². The van der Waals surface area contributed by atoms with Crippen LogP contribution in [0.2, 0.25) is 0 Å². The maximum absolute atomic E-state index is 5.32. The molecule has 1 atom stereocenters. The van der Waals surface area contributed by atoms with Crippen LogP contribution in [0.25, 0.3) is 11.0 Å². The number of rotatable bonds is 5. The van der Waals surface area contributed by atoms with E-state index in [1.54, 1.807) is 11.8 Å². The molecule has 2 aromatic heterocycles. The largest absolute Gasteiger partial charge is 0.338 e. The Balaban J connectivity index is 1.76. The summed E-state index contributed by atoms with van der Waals surface area (Å²) in [5.74, 6) is 1.43. The van der Waals surface area contributed by atoms with Crippen LogP contribution in [0.3, 0.4) is 0 Å². The molecule has 0 aliphatic rings. The van der Waals surface area contributed by atoms with Crippen LogP contribution >= 0.6 is 11.8 Å². The molecule has 3 rings (SSSR count). The summed E-state index contributed by atoms with van der Waals surface area (Å²) >= 11 is 1.60. The minimum atomic E-state index is 0.0739. The Morgan fingerprint density at radius 3 is 3.00 bits per heavy atom. The first-order chi connectivity index (χ1) is 10.2. The molecule has 0 radical (unpaired) electrons. The Morgan fingerprint density at radius 2 is 2.19 bits per heavy atom. The Morgan fingerprint density at radius 1 is 1.33 bits per heavy atom. The van der Waals surface area contributed by atoms with E-state index < -0.39 is 0 Å². The molecule has 6 heteroatoms. The monoisotopic (exact) mass is 302 g/mol. The van der Waals surface area contributed by atoms with Gasteiger partial charge in [-0.2, -0.15) is 4.98 Å². The van der Waals surface area contributed by atoms with Crippen molar-refractivity contribution in [3.63, 3.8) is 0 Å². The standard InChI is InChI=1S/C15H18N4OS/c1-4-5-13-18-14(20-19-13)10(3)21-15-16-11-7-6-9(2)8-12(11)17-15/h6-8,10H,4-5H2,1-3H3,(H,16,17)/t10-/m1/s1. The van der Waals surface area contributed by atoms with Crippen molar-refractivity contribution >= 4 is 22.8 Å². The zero-order chi connectivity index (χ0) is 14.8. The quantitative estimate of drug-likeness (QED) is 0.720. The van der Waals surface area contributed by atoms with E-state index in [9.17, 15) is 0 Å². The van der Waals surface area contributed by atoms with Crippen molar-refractivity contribution in [1.29, 1.82) is 0 Å².